The number of morpholine rings is 1. The first-order valence-electron chi connectivity index (χ1n) is 8.27. The summed E-state index contributed by atoms with van der Waals surface area (Å²) in [6.45, 7) is 6.85. The van der Waals surface area contributed by atoms with E-state index in [1.165, 1.54) is 0 Å². The van der Waals surface area contributed by atoms with E-state index in [-0.39, 0.29) is 12.1 Å². The molecule has 0 aliphatic carbocycles. The predicted molar refractivity (Wildman–Crippen MR) is 84.1 cm³/mol. The topological polar surface area (TPSA) is 67.2 Å². The van der Waals surface area contributed by atoms with Crippen molar-refractivity contribution in [1.82, 2.24) is 15.1 Å². The number of nitrogens with zero attached hydrogens (tertiary/aromatic N) is 2. The summed E-state index contributed by atoms with van der Waals surface area (Å²) in [4.78, 5) is 16.6. The van der Waals surface area contributed by atoms with Crippen molar-refractivity contribution < 1.29 is 18.7 Å². The fourth-order valence-corrected chi connectivity index (χ4v) is 2.94. The number of nitrogens with one attached hydrogen (secondary N) is 1. The van der Waals surface area contributed by atoms with Gasteiger partial charge in [-0.15, -0.1) is 0 Å². The lowest BCUT2D eigenvalue weighted by molar-refractivity contribution is -0.0101. The first-order valence-corrected chi connectivity index (χ1v) is 8.27. The van der Waals surface area contributed by atoms with Gasteiger partial charge in [-0.2, -0.15) is 0 Å². The molecule has 1 aromatic heterocycles. The molecule has 7 heteroatoms. The first-order chi connectivity index (χ1) is 11.3. The first kappa shape index (κ1) is 16.3. The van der Waals surface area contributed by atoms with Crippen LogP contribution in [0.2, 0.25) is 0 Å². The van der Waals surface area contributed by atoms with Gasteiger partial charge in [0, 0.05) is 51.4 Å². The van der Waals surface area contributed by atoms with Gasteiger partial charge in [0.05, 0.1) is 31.8 Å². The highest BCUT2D eigenvalue weighted by molar-refractivity contribution is 5.74. The average molecular weight is 323 g/mol. The summed E-state index contributed by atoms with van der Waals surface area (Å²) in [5.41, 5.74) is 0.967. The van der Waals surface area contributed by atoms with E-state index in [0.717, 1.165) is 51.4 Å². The Kier molecular flexibility index (Phi) is 5.90. The van der Waals surface area contributed by atoms with E-state index < -0.39 is 0 Å². The smallest absolute Gasteiger partial charge is 0.317 e. The Morgan fingerprint density at radius 3 is 2.91 bits per heavy atom. The molecule has 2 amide bonds. The molecule has 0 saturated carbocycles. The van der Waals surface area contributed by atoms with Crippen LogP contribution >= 0.6 is 0 Å². The number of carbonyl (C=O) groups is 1. The van der Waals surface area contributed by atoms with Crippen LogP contribution in [0.5, 0.6) is 0 Å². The molecule has 2 fully saturated rings. The Labute approximate surface area is 136 Å². The molecule has 23 heavy (non-hydrogen) atoms. The summed E-state index contributed by atoms with van der Waals surface area (Å²) in [6.07, 6.45) is 4.20. The Balaban J connectivity index is 1.48. The molecular weight excluding hydrogens is 298 g/mol. The van der Waals surface area contributed by atoms with E-state index in [1.54, 1.807) is 12.5 Å². The van der Waals surface area contributed by atoms with Crippen molar-refractivity contribution in [1.29, 1.82) is 0 Å². The highest BCUT2D eigenvalue weighted by Gasteiger charge is 2.25. The number of amides is 2. The van der Waals surface area contributed by atoms with Gasteiger partial charge in [0.25, 0.3) is 0 Å². The third-order valence-corrected chi connectivity index (χ3v) is 4.23. The van der Waals surface area contributed by atoms with Crippen LogP contribution in [0.4, 0.5) is 4.79 Å². The second-order valence-corrected chi connectivity index (χ2v) is 6.00. The van der Waals surface area contributed by atoms with E-state index in [0.29, 0.717) is 19.7 Å². The molecule has 2 saturated heterocycles. The summed E-state index contributed by atoms with van der Waals surface area (Å²) in [5.74, 6) is 0. The lowest BCUT2D eigenvalue weighted by atomic mass is 10.2. The highest BCUT2D eigenvalue weighted by Crippen LogP contribution is 2.10. The van der Waals surface area contributed by atoms with Gasteiger partial charge in [0.2, 0.25) is 0 Å². The number of hydrogen-bond acceptors (Lipinski definition) is 5. The summed E-state index contributed by atoms with van der Waals surface area (Å²) in [5, 5.41) is 2.94. The molecule has 7 nitrogen and oxygen atoms in total. The number of furan rings is 1. The minimum atomic E-state index is -0.0383. The molecule has 3 rings (SSSR count). The Hall–Kier alpha value is -1.57. The van der Waals surface area contributed by atoms with Crippen LogP contribution in [0.25, 0.3) is 0 Å². The van der Waals surface area contributed by atoms with Gasteiger partial charge in [0.1, 0.15) is 0 Å². The molecule has 0 bridgehead atoms. The maximum atomic E-state index is 12.4. The van der Waals surface area contributed by atoms with Crippen molar-refractivity contribution >= 4 is 6.03 Å². The van der Waals surface area contributed by atoms with Crippen molar-refractivity contribution in [2.75, 3.05) is 52.5 Å². The number of urea groups is 1. The summed E-state index contributed by atoms with van der Waals surface area (Å²) in [7, 11) is 0. The van der Waals surface area contributed by atoms with Crippen molar-refractivity contribution in [3.8, 4) is 0 Å². The quantitative estimate of drug-likeness (QED) is 0.892. The minimum Gasteiger partial charge on any atom is -0.472 e. The predicted octanol–water partition coefficient (Wildman–Crippen LogP) is 0.912. The zero-order valence-corrected chi connectivity index (χ0v) is 13.4. The molecule has 1 N–H and O–H groups in total. The monoisotopic (exact) mass is 323 g/mol. The van der Waals surface area contributed by atoms with Gasteiger partial charge in [-0.1, -0.05) is 0 Å². The van der Waals surface area contributed by atoms with Gasteiger partial charge in [-0.05, 0) is 12.5 Å². The van der Waals surface area contributed by atoms with Crippen LogP contribution in [0.15, 0.2) is 23.0 Å². The molecule has 0 aromatic carbocycles. The van der Waals surface area contributed by atoms with E-state index in [4.69, 9.17) is 13.9 Å². The van der Waals surface area contributed by atoms with Crippen LogP contribution in [0.1, 0.15) is 12.0 Å². The fourth-order valence-electron chi connectivity index (χ4n) is 2.94. The zero-order valence-electron chi connectivity index (χ0n) is 13.4. The molecule has 2 aliphatic rings. The Morgan fingerprint density at radius 2 is 2.13 bits per heavy atom. The third kappa shape index (κ3) is 4.95. The minimum absolute atomic E-state index is 0.0383. The van der Waals surface area contributed by atoms with E-state index in [2.05, 4.69) is 10.2 Å². The molecule has 0 radical (unpaired) electrons. The second-order valence-electron chi connectivity index (χ2n) is 6.00. The summed E-state index contributed by atoms with van der Waals surface area (Å²) < 4.78 is 16.3. The average Bonchev–Trinajstić information content (AvgIpc) is 2.99. The van der Waals surface area contributed by atoms with E-state index in [1.807, 2.05) is 11.0 Å². The van der Waals surface area contributed by atoms with Gasteiger partial charge in [0.15, 0.2) is 0 Å². The van der Waals surface area contributed by atoms with Crippen LogP contribution in [-0.2, 0) is 16.0 Å². The molecular formula is C16H25N3O4. The number of ether oxygens (including phenoxy) is 2. The van der Waals surface area contributed by atoms with Gasteiger partial charge < -0.3 is 24.1 Å². The number of carbonyl (C=O) groups excluding carboxylic acids is 1. The fraction of sp³-hybridized carbons (Fsp3) is 0.688. The van der Waals surface area contributed by atoms with Crippen LogP contribution in [0, 0.1) is 0 Å². The molecule has 2 aliphatic heterocycles. The molecule has 128 valence electrons. The van der Waals surface area contributed by atoms with Crippen LogP contribution in [0.3, 0.4) is 0 Å². The molecule has 0 spiro atoms. The highest BCUT2D eigenvalue weighted by atomic mass is 16.5. The van der Waals surface area contributed by atoms with Gasteiger partial charge >= 0.3 is 6.03 Å². The molecule has 1 atom stereocenters. The summed E-state index contributed by atoms with van der Waals surface area (Å²) in [6, 6.07) is 1.82. The lowest BCUT2D eigenvalue weighted by Crippen LogP contribution is -2.47. The zero-order chi connectivity index (χ0) is 15.9. The maximum absolute atomic E-state index is 12.4. The maximum Gasteiger partial charge on any atom is 0.317 e. The van der Waals surface area contributed by atoms with Crippen molar-refractivity contribution in [2.24, 2.45) is 0 Å². The molecule has 1 unspecified atom stereocenters. The van der Waals surface area contributed by atoms with Crippen molar-refractivity contribution in [2.45, 2.75) is 19.1 Å². The van der Waals surface area contributed by atoms with E-state index >= 15 is 0 Å². The second kappa shape index (κ2) is 8.33. The summed E-state index contributed by atoms with van der Waals surface area (Å²) >= 11 is 0. The van der Waals surface area contributed by atoms with Gasteiger partial charge in [-0.3, -0.25) is 4.90 Å². The number of hydrogen-bond donors (Lipinski definition) is 1. The van der Waals surface area contributed by atoms with Crippen LogP contribution in [-0.4, -0.2) is 74.5 Å². The van der Waals surface area contributed by atoms with Crippen molar-refractivity contribution in [3.63, 3.8) is 0 Å². The largest absolute Gasteiger partial charge is 0.472 e. The molecule has 3 heterocycles. The lowest BCUT2D eigenvalue weighted by Gasteiger charge is -2.31. The SMILES string of the molecule is O=C(NCc1ccoc1)N1CCCOC(CN2CCOCC2)C1. The number of rotatable bonds is 4. The Bertz CT molecular complexity index is 474. The van der Waals surface area contributed by atoms with Crippen molar-refractivity contribution in [3.05, 3.63) is 24.2 Å². The van der Waals surface area contributed by atoms with Crippen LogP contribution < -0.4 is 5.32 Å². The normalized spacial score (nSPS) is 23.5. The van der Waals surface area contributed by atoms with E-state index in [9.17, 15) is 4.79 Å². The Morgan fingerprint density at radius 1 is 1.26 bits per heavy atom. The van der Waals surface area contributed by atoms with Gasteiger partial charge in [-0.25, -0.2) is 4.79 Å². The molecule has 1 aromatic rings. The third-order valence-electron chi connectivity index (χ3n) is 4.23. The standard InChI is InChI=1S/C16H25N3O4/c20-16(17-10-14-2-7-22-13-14)19-3-1-6-23-15(12-19)11-18-4-8-21-9-5-18/h2,7,13,15H,1,3-6,8-12H2,(H,17,20).